The van der Waals surface area contributed by atoms with Crippen LogP contribution < -0.4 is 0 Å². The van der Waals surface area contributed by atoms with E-state index in [0.29, 0.717) is 24.8 Å². The number of aliphatic hydroxyl groups excluding tert-OH is 1. The average molecular weight is 506 g/mol. The monoisotopic (exact) mass is 506 g/mol. The number of rotatable bonds is 6. The maximum atomic E-state index is 15.0. The molecule has 36 heavy (non-hydrogen) atoms. The maximum absolute atomic E-state index is 15.0. The number of benzene rings is 3. The highest BCUT2D eigenvalue weighted by Crippen LogP contribution is 2.41. The number of hydrogen-bond donors (Lipinski definition) is 2. The Labute approximate surface area is 204 Å². The zero-order valence-corrected chi connectivity index (χ0v) is 19.4. The van der Waals surface area contributed by atoms with Gasteiger partial charge < -0.3 is 10.2 Å². The van der Waals surface area contributed by atoms with Crippen LogP contribution in [0.1, 0.15) is 67.7 Å². The third kappa shape index (κ3) is 4.62. The second kappa shape index (κ2) is 10.4. The second-order valence-corrected chi connectivity index (χ2v) is 8.93. The Kier molecular flexibility index (Phi) is 7.45. The number of phenolic OH excluding ortho intramolecular Hbond substituents is 1. The number of hydrogen-bond acceptors (Lipinski definition) is 2. The van der Waals surface area contributed by atoms with Crippen molar-refractivity contribution >= 4 is 5.57 Å². The van der Waals surface area contributed by atoms with Crippen LogP contribution in [0.5, 0.6) is 5.75 Å². The molecule has 1 aliphatic carbocycles. The van der Waals surface area contributed by atoms with E-state index in [1.165, 1.54) is 18.2 Å². The molecular weight excluding hydrogens is 482 g/mol. The van der Waals surface area contributed by atoms with E-state index in [1.807, 2.05) is 6.92 Å². The van der Waals surface area contributed by atoms with Crippen molar-refractivity contribution in [3.63, 3.8) is 0 Å². The molecular formula is C28H24F6O2. The van der Waals surface area contributed by atoms with Gasteiger partial charge >= 0.3 is 0 Å². The summed E-state index contributed by atoms with van der Waals surface area (Å²) in [4.78, 5) is 0. The van der Waals surface area contributed by atoms with Gasteiger partial charge in [0.05, 0.1) is 6.10 Å². The van der Waals surface area contributed by atoms with E-state index in [9.17, 15) is 36.6 Å². The molecule has 2 N–H and O–H groups in total. The van der Waals surface area contributed by atoms with Gasteiger partial charge in [-0.05, 0) is 54.9 Å². The maximum Gasteiger partial charge on any atom is 0.200 e. The molecule has 0 amide bonds. The molecule has 1 aliphatic rings. The summed E-state index contributed by atoms with van der Waals surface area (Å²) in [7, 11) is 0. The summed E-state index contributed by atoms with van der Waals surface area (Å²) in [6.45, 7) is 1.82. The first-order chi connectivity index (χ1) is 17.1. The van der Waals surface area contributed by atoms with Crippen molar-refractivity contribution in [2.45, 2.75) is 51.0 Å². The predicted octanol–water partition coefficient (Wildman–Crippen LogP) is 8.08. The van der Waals surface area contributed by atoms with Crippen molar-refractivity contribution in [3.05, 3.63) is 94.1 Å². The summed E-state index contributed by atoms with van der Waals surface area (Å²) in [5, 5.41) is 19.3. The smallest absolute Gasteiger partial charge is 0.200 e. The average Bonchev–Trinajstić information content (AvgIpc) is 2.87. The highest BCUT2D eigenvalue weighted by molar-refractivity contribution is 5.69. The zero-order valence-electron chi connectivity index (χ0n) is 19.4. The van der Waals surface area contributed by atoms with Crippen LogP contribution in [-0.2, 0) is 0 Å². The van der Waals surface area contributed by atoms with Crippen molar-refractivity contribution in [2.24, 2.45) is 0 Å². The van der Waals surface area contributed by atoms with Gasteiger partial charge in [0.2, 0.25) is 5.82 Å². The molecule has 0 aromatic heterocycles. The fourth-order valence-corrected chi connectivity index (χ4v) is 4.69. The quantitative estimate of drug-likeness (QED) is 0.332. The van der Waals surface area contributed by atoms with Gasteiger partial charge in [0.15, 0.2) is 34.8 Å². The van der Waals surface area contributed by atoms with E-state index >= 15 is 0 Å². The topological polar surface area (TPSA) is 40.5 Å². The normalized spacial score (nSPS) is 16.7. The Hall–Kier alpha value is -3.26. The molecule has 2 unspecified atom stereocenters. The first-order valence-corrected chi connectivity index (χ1v) is 11.7. The van der Waals surface area contributed by atoms with Crippen LogP contribution in [0.2, 0.25) is 0 Å². The van der Waals surface area contributed by atoms with Crippen molar-refractivity contribution < 1.29 is 36.6 Å². The van der Waals surface area contributed by atoms with E-state index in [0.717, 1.165) is 18.2 Å². The Morgan fingerprint density at radius 3 is 2.03 bits per heavy atom. The van der Waals surface area contributed by atoms with Crippen LogP contribution in [0.25, 0.3) is 16.7 Å². The Bertz CT molecular complexity index is 1330. The lowest BCUT2D eigenvalue weighted by Gasteiger charge is -2.24. The molecule has 0 bridgehead atoms. The number of aliphatic hydroxyl groups is 1. The molecule has 3 aromatic rings. The van der Waals surface area contributed by atoms with Crippen molar-refractivity contribution in [2.75, 3.05) is 0 Å². The van der Waals surface area contributed by atoms with Crippen LogP contribution >= 0.6 is 0 Å². The fourth-order valence-electron chi connectivity index (χ4n) is 4.69. The fraction of sp³-hybridized carbons (Fsp3) is 0.286. The van der Waals surface area contributed by atoms with Crippen LogP contribution in [0.4, 0.5) is 26.3 Å². The van der Waals surface area contributed by atoms with E-state index in [4.69, 9.17) is 0 Å². The van der Waals surface area contributed by atoms with Crippen LogP contribution in [0.15, 0.2) is 42.5 Å². The Morgan fingerprint density at radius 2 is 1.39 bits per heavy atom. The van der Waals surface area contributed by atoms with E-state index in [1.54, 1.807) is 6.08 Å². The van der Waals surface area contributed by atoms with Gasteiger partial charge in [0, 0.05) is 22.3 Å². The highest BCUT2D eigenvalue weighted by Gasteiger charge is 2.27. The zero-order chi connectivity index (χ0) is 26.1. The molecule has 4 rings (SSSR count). The number of halogens is 6. The summed E-state index contributed by atoms with van der Waals surface area (Å²) < 4.78 is 87.0. The molecule has 8 heteroatoms. The van der Waals surface area contributed by atoms with Gasteiger partial charge in [0.25, 0.3) is 0 Å². The minimum absolute atomic E-state index is 0.0379. The van der Waals surface area contributed by atoms with Gasteiger partial charge in [-0.15, -0.1) is 0 Å². The molecule has 0 saturated carbocycles. The predicted molar refractivity (Wildman–Crippen MR) is 124 cm³/mol. The van der Waals surface area contributed by atoms with E-state index in [-0.39, 0.29) is 29.5 Å². The minimum atomic E-state index is -1.56. The van der Waals surface area contributed by atoms with Crippen molar-refractivity contribution in [1.82, 2.24) is 0 Å². The molecule has 0 radical (unpaired) electrons. The molecule has 0 fully saturated rings. The molecule has 0 heterocycles. The summed E-state index contributed by atoms with van der Waals surface area (Å²) in [6.07, 6.45) is 2.28. The summed E-state index contributed by atoms with van der Waals surface area (Å²) in [6, 6.07) is 7.04. The number of aromatic hydroxyl groups is 1. The number of phenols is 1. The van der Waals surface area contributed by atoms with E-state index < -0.39 is 63.8 Å². The first kappa shape index (κ1) is 25.8. The molecule has 0 saturated heterocycles. The molecule has 0 spiro atoms. The lowest BCUT2D eigenvalue weighted by molar-refractivity contribution is 0.160. The Balaban J connectivity index is 1.59. The third-order valence-electron chi connectivity index (χ3n) is 6.69. The minimum Gasteiger partial charge on any atom is -0.505 e. The lowest BCUT2D eigenvalue weighted by atomic mass is 9.81. The second-order valence-electron chi connectivity index (χ2n) is 8.93. The van der Waals surface area contributed by atoms with Crippen LogP contribution in [0, 0.1) is 34.9 Å². The lowest BCUT2D eigenvalue weighted by Crippen LogP contribution is -2.10. The van der Waals surface area contributed by atoms with Gasteiger partial charge in [-0.3, -0.25) is 0 Å². The summed E-state index contributed by atoms with van der Waals surface area (Å²) in [5.74, 6) is -9.16. The molecule has 0 aliphatic heterocycles. The molecule has 2 nitrogen and oxygen atoms in total. The number of allylic oxidation sites excluding steroid dienone is 2. The van der Waals surface area contributed by atoms with Gasteiger partial charge in [-0.2, -0.15) is 4.39 Å². The van der Waals surface area contributed by atoms with Gasteiger partial charge in [-0.1, -0.05) is 43.7 Å². The SMILES string of the molecule is CCCC(O)c1ccc(C2=CCC(c3ccc(-c4ccc(O)c(F)c4F)c(F)c3F)CC2)c(F)c1F. The first-order valence-electron chi connectivity index (χ1n) is 11.7. The molecule has 2 atom stereocenters. The summed E-state index contributed by atoms with van der Waals surface area (Å²) in [5.41, 5.74) is -0.485. The van der Waals surface area contributed by atoms with Gasteiger partial charge in [-0.25, -0.2) is 22.0 Å². The molecule has 3 aromatic carbocycles. The standard InChI is InChI=1S/C28H24F6O2/c1-2-3-21(35)20-11-9-17(24(30)27(20)33)15-6-4-14(5-7-15)16-8-10-18(25(31)23(16)29)19-12-13-22(36)28(34)26(19)32/h6,8-14,21,35-36H,2-5,7H2,1H3. The van der Waals surface area contributed by atoms with Crippen molar-refractivity contribution in [3.8, 4) is 16.9 Å². The van der Waals surface area contributed by atoms with Crippen LogP contribution in [-0.4, -0.2) is 10.2 Å². The van der Waals surface area contributed by atoms with Crippen LogP contribution in [0.3, 0.4) is 0 Å². The Morgan fingerprint density at radius 1 is 0.778 bits per heavy atom. The summed E-state index contributed by atoms with van der Waals surface area (Å²) >= 11 is 0. The highest BCUT2D eigenvalue weighted by atomic mass is 19.2. The van der Waals surface area contributed by atoms with Gasteiger partial charge in [0.1, 0.15) is 0 Å². The third-order valence-corrected chi connectivity index (χ3v) is 6.69. The molecule has 190 valence electrons. The largest absolute Gasteiger partial charge is 0.505 e. The van der Waals surface area contributed by atoms with Crippen molar-refractivity contribution in [1.29, 1.82) is 0 Å². The van der Waals surface area contributed by atoms with E-state index in [2.05, 4.69) is 0 Å².